The number of rotatable bonds is 7. The van der Waals surface area contributed by atoms with Crippen molar-refractivity contribution in [1.82, 2.24) is 0 Å². The van der Waals surface area contributed by atoms with Gasteiger partial charge in [0.05, 0.1) is 0 Å². The third kappa shape index (κ3) is 5.14. The summed E-state index contributed by atoms with van der Waals surface area (Å²) in [5.41, 5.74) is 1.12. The van der Waals surface area contributed by atoms with Crippen LogP contribution in [-0.2, 0) is 4.74 Å². The fourth-order valence-corrected chi connectivity index (χ4v) is 11.9. The average Bonchev–Trinajstić information content (AvgIpc) is 2.84. The molecule has 0 amide bonds. The molecule has 156 valence electrons. The molecule has 4 aromatic carbocycles. The van der Waals surface area contributed by atoms with Gasteiger partial charge in [0.25, 0.3) is 0 Å². The summed E-state index contributed by atoms with van der Waals surface area (Å²) in [6, 6.07) is 43.3. The van der Waals surface area contributed by atoms with Crippen LogP contribution < -0.4 is 37.0 Å². The second-order valence-electron chi connectivity index (χ2n) is 7.02. The predicted octanol–water partition coefficient (Wildman–Crippen LogP) is 1.78. The summed E-state index contributed by atoms with van der Waals surface area (Å²) in [5.74, 6) is 0.960. The van der Waals surface area contributed by atoms with Crippen molar-refractivity contribution in [2.45, 2.75) is 6.92 Å². The maximum atomic E-state index is 6.25. The zero-order valence-electron chi connectivity index (χ0n) is 17.6. The fourth-order valence-electron chi connectivity index (χ4n) is 3.79. The monoisotopic (exact) mass is 580 g/mol. The second-order valence-corrected chi connectivity index (χ2v) is 13.8. The maximum absolute atomic E-state index is 6.25. The van der Waals surface area contributed by atoms with E-state index in [4.69, 9.17) is 4.74 Å². The molecule has 0 aliphatic heterocycles. The van der Waals surface area contributed by atoms with E-state index in [2.05, 4.69) is 127 Å². The molecule has 0 aliphatic carbocycles. The van der Waals surface area contributed by atoms with Gasteiger partial charge in [-0.1, -0.05) is 0 Å². The molecule has 31 heavy (non-hydrogen) atoms. The number of ether oxygens (including phenoxy) is 1. The van der Waals surface area contributed by atoms with Crippen molar-refractivity contribution in [3.05, 3.63) is 132 Å². The van der Waals surface area contributed by atoms with Gasteiger partial charge < -0.3 is 24.0 Å². The van der Waals surface area contributed by atoms with Gasteiger partial charge in [0.2, 0.25) is 0 Å². The smallest absolute Gasteiger partial charge is 1.00 e. The third-order valence-corrected chi connectivity index (χ3v) is 13.5. The molecule has 0 radical (unpaired) electrons. The predicted molar refractivity (Wildman–Crippen MR) is 130 cm³/mol. The zero-order chi connectivity index (χ0) is 20.7. The molecule has 0 aromatic heterocycles. The molecule has 0 spiro atoms. The van der Waals surface area contributed by atoms with Crippen molar-refractivity contribution in [3.8, 4) is 0 Å². The topological polar surface area (TPSA) is 9.23 Å². The van der Waals surface area contributed by atoms with Crippen LogP contribution in [0.3, 0.4) is 0 Å². The summed E-state index contributed by atoms with van der Waals surface area (Å²) in [6.07, 6.45) is 0. The van der Waals surface area contributed by atoms with Crippen LogP contribution in [-0.4, -0.2) is 20.2 Å². The average molecular weight is 580 g/mol. The summed E-state index contributed by atoms with van der Waals surface area (Å²) in [6.45, 7) is 2.69. The first kappa shape index (κ1) is 23.4. The van der Waals surface area contributed by atoms with E-state index in [0.717, 1.165) is 11.3 Å². The Balaban J connectivity index is 0.00000272. The molecule has 1 nitrogen and oxygen atoms in total. The van der Waals surface area contributed by atoms with Crippen LogP contribution in [0.15, 0.2) is 126 Å². The Hall–Kier alpha value is -2.29. The van der Waals surface area contributed by atoms with E-state index in [1.165, 1.54) is 13.1 Å². The van der Waals surface area contributed by atoms with E-state index in [9.17, 15) is 0 Å². The largest absolute Gasteiger partial charge is 1.00 e. The number of hydrogen-bond acceptors (Lipinski definition) is 1. The van der Waals surface area contributed by atoms with Crippen LogP contribution in [0.1, 0.15) is 12.5 Å². The molecule has 4 aromatic rings. The van der Waals surface area contributed by atoms with Gasteiger partial charge in [-0.05, 0) is 0 Å². The molecule has 0 saturated carbocycles. The van der Waals surface area contributed by atoms with Crippen molar-refractivity contribution >= 4 is 32.4 Å². The normalized spacial score (nSPS) is 11.5. The van der Waals surface area contributed by atoms with Gasteiger partial charge in [-0.25, -0.2) is 0 Å². The second kappa shape index (κ2) is 11.4. The van der Waals surface area contributed by atoms with E-state index in [-0.39, 0.29) is 24.0 Å². The molecule has 0 saturated heterocycles. The van der Waals surface area contributed by atoms with Gasteiger partial charge >= 0.3 is 182 Å². The van der Waals surface area contributed by atoms with Gasteiger partial charge in [-0.15, -0.1) is 0 Å². The summed E-state index contributed by atoms with van der Waals surface area (Å²) >= 11 is -2.97. The third-order valence-electron chi connectivity index (χ3n) is 5.16. The van der Waals surface area contributed by atoms with Crippen molar-refractivity contribution in [3.63, 3.8) is 0 Å². The quantitative estimate of drug-likeness (QED) is 0.184. The van der Waals surface area contributed by atoms with Gasteiger partial charge in [0, 0.05) is 0 Å². The molecule has 0 bridgehead atoms. The first-order valence-corrected chi connectivity index (χ1v) is 14.2. The summed E-state index contributed by atoms with van der Waals surface area (Å²) < 4.78 is 10.4. The molecule has 3 heteroatoms. The Labute approximate surface area is 205 Å². The Morgan fingerprint density at radius 1 is 0.613 bits per heavy atom. The van der Waals surface area contributed by atoms with E-state index in [0.29, 0.717) is 6.61 Å². The fraction of sp³-hybridized carbons (Fsp3) is 0.0714. The summed E-state index contributed by atoms with van der Waals surface area (Å²) in [7, 11) is 0. The molecular formula is C28H26AsIO. The first-order valence-electron chi connectivity index (χ1n) is 10.3. The van der Waals surface area contributed by atoms with Crippen molar-refractivity contribution in [2.75, 3.05) is 6.61 Å². The van der Waals surface area contributed by atoms with Gasteiger partial charge in [-0.2, -0.15) is 0 Å². The van der Waals surface area contributed by atoms with Crippen LogP contribution >= 0.6 is 0 Å². The number of halogens is 1. The number of hydrogen-bond donors (Lipinski definition) is 0. The maximum Gasteiger partial charge on any atom is -1.00 e. The Kier molecular flexibility index (Phi) is 8.57. The zero-order valence-corrected chi connectivity index (χ0v) is 21.6. The molecule has 0 heterocycles. The first-order chi connectivity index (χ1) is 14.8. The minimum atomic E-state index is -2.97. The van der Waals surface area contributed by atoms with Crippen molar-refractivity contribution < 1.29 is 28.7 Å². The van der Waals surface area contributed by atoms with E-state index in [1.54, 1.807) is 0 Å². The molecule has 0 unspecified atom stereocenters. The van der Waals surface area contributed by atoms with E-state index in [1.807, 2.05) is 6.07 Å². The minimum Gasteiger partial charge on any atom is -1.00 e. The molecule has 0 N–H and O–H groups in total. The van der Waals surface area contributed by atoms with E-state index >= 15 is 0 Å². The molecular weight excluding hydrogens is 554 g/mol. The van der Waals surface area contributed by atoms with Crippen LogP contribution in [0, 0.1) is 0 Å². The molecule has 0 fully saturated rings. The number of benzene rings is 4. The van der Waals surface area contributed by atoms with Gasteiger partial charge in [0.15, 0.2) is 0 Å². The summed E-state index contributed by atoms with van der Waals surface area (Å²) in [4.78, 5) is 2.46. The van der Waals surface area contributed by atoms with E-state index < -0.39 is 13.6 Å². The van der Waals surface area contributed by atoms with Crippen molar-refractivity contribution in [1.29, 1.82) is 0 Å². The van der Waals surface area contributed by atoms with Crippen molar-refractivity contribution in [2.24, 2.45) is 0 Å². The van der Waals surface area contributed by atoms with Gasteiger partial charge in [0.1, 0.15) is 0 Å². The molecule has 0 atom stereocenters. The van der Waals surface area contributed by atoms with Crippen LogP contribution in [0.5, 0.6) is 0 Å². The Morgan fingerprint density at radius 3 is 1.32 bits per heavy atom. The SMILES string of the molecule is CCOC(=C[As+](c1ccccc1)(c1ccccc1)c1ccccc1)c1ccccc1.[I-]. The minimum absolute atomic E-state index is 0. The van der Waals surface area contributed by atoms with Crippen LogP contribution in [0.25, 0.3) is 5.76 Å². The standard InChI is InChI=1S/C28H26AsO.HI/c1-2-30-28(24-15-7-3-8-16-24)23-29(25-17-9-4-10-18-25,26-19-11-5-12-20-26)27-21-13-6-14-22-27;/h3-23H,2H2,1H3;1H/q+1;/p-1. The molecule has 4 rings (SSSR count). The molecule has 0 aliphatic rings. The Morgan fingerprint density at radius 2 is 0.968 bits per heavy atom. The summed E-state index contributed by atoms with van der Waals surface area (Å²) in [5, 5.41) is 0. The Bertz CT molecular complexity index is 984. The van der Waals surface area contributed by atoms with Gasteiger partial charge in [-0.3, -0.25) is 0 Å². The van der Waals surface area contributed by atoms with Crippen LogP contribution in [0.4, 0.5) is 0 Å². The van der Waals surface area contributed by atoms with Crippen LogP contribution in [0.2, 0.25) is 0 Å².